The topological polar surface area (TPSA) is 6.48 Å². The van der Waals surface area contributed by atoms with Crippen molar-refractivity contribution in [2.45, 2.75) is 128 Å². The van der Waals surface area contributed by atoms with Crippen LogP contribution in [0.4, 0.5) is 0 Å². The summed E-state index contributed by atoms with van der Waals surface area (Å²) in [5, 5.41) is 0. The van der Waals surface area contributed by atoms with E-state index in [1.165, 1.54) is 132 Å². The highest BCUT2D eigenvalue weighted by molar-refractivity contribution is 7.38. The molecule has 45 heavy (non-hydrogen) atoms. The van der Waals surface area contributed by atoms with Crippen molar-refractivity contribution in [2.24, 2.45) is 35.5 Å². The quantitative estimate of drug-likeness (QED) is 0.260. The van der Waals surface area contributed by atoms with Crippen molar-refractivity contribution in [3.63, 3.8) is 0 Å². The Hall–Kier alpha value is -0.980. The summed E-state index contributed by atoms with van der Waals surface area (Å²) in [4.78, 5) is 8.81. The number of hydrogen-bond acceptors (Lipinski definition) is 5. The van der Waals surface area contributed by atoms with Crippen LogP contribution < -0.4 is 0 Å². The average molecular weight is 659 g/mol. The van der Waals surface area contributed by atoms with E-state index in [9.17, 15) is 0 Å². The monoisotopic (exact) mass is 658 g/mol. The Kier molecular flexibility index (Phi) is 8.35. The minimum absolute atomic E-state index is 0.776. The van der Waals surface area contributed by atoms with Crippen LogP contribution in [0, 0.1) is 35.5 Å². The van der Waals surface area contributed by atoms with E-state index in [-0.39, 0.29) is 0 Å². The number of fused-ring (bicyclic) bond motifs is 9. The number of hydrogen-bond donors (Lipinski definition) is 0. The highest BCUT2D eigenvalue weighted by Gasteiger charge is 2.51. The maximum Gasteiger partial charge on any atom is 0.0635 e. The van der Waals surface area contributed by atoms with Crippen molar-refractivity contribution in [1.82, 2.24) is 9.80 Å². The predicted octanol–water partition coefficient (Wildman–Crippen LogP) is 11.6. The van der Waals surface area contributed by atoms with E-state index in [1.54, 1.807) is 0 Å². The van der Waals surface area contributed by atoms with E-state index in [0.717, 1.165) is 59.7 Å². The van der Waals surface area contributed by atoms with E-state index in [2.05, 4.69) is 60.1 Å². The molecule has 0 N–H and O–H groups in total. The molecule has 2 aliphatic heterocycles. The fourth-order valence-electron chi connectivity index (χ4n) is 12.1. The van der Waals surface area contributed by atoms with Crippen molar-refractivity contribution < 1.29 is 0 Å². The molecule has 0 radical (unpaired) electrons. The molecule has 6 aliphatic rings. The Labute approximate surface area is 283 Å². The van der Waals surface area contributed by atoms with Crippen LogP contribution in [0.25, 0.3) is 31.0 Å². The number of nitrogens with zero attached hydrogens (tertiary/aromatic N) is 2. The van der Waals surface area contributed by atoms with Gasteiger partial charge in [-0.2, -0.15) is 0 Å². The van der Waals surface area contributed by atoms with Crippen molar-refractivity contribution in [2.75, 3.05) is 13.1 Å². The average Bonchev–Trinajstić information content (AvgIpc) is 3.86. The molecule has 0 bridgehead atoms. The van der Waals surface area contributed by atoms with Crippen LogP contribution in [0.1, 0.15) is 113 Å². The molecule has 2 saturated heterocycles. The van der Waals surface area contributed by atoms with Gasteiger partial charge in [0.2, 0.25) is 0 Å². The first-order chi connectivity index (χ1) is 22.2. The lowest BCUT2D eigenvalue weighted by molar-refractivity contribution is 0.140. The van der Waals surface area contributed by atoms with Crippen LogP contribution in [0.3, 0.4) is 0 Å². The largest absolute Gasteiger partial charge is 0.297 e. The first kappa shape index (κ1) is 30.1. The molecule has 2 nitrogen and oxygen atoms in total. The molecule has 0 amide bonds. The second kappa shape index (κ2) is 12.5. The van der Waals surface area contributed by atoms with Crippen LogP contribution >= 0.6 is 34.0 Å². The molecule has 5 heteroatoms. The summed E-state index contributed by atoms with van der Waals surface area (Å²) in [7, 11) is 0. The summed E-state index contributed by atoms with van der Waals surface area (Å²) in [6.07, 6.45) is 30.5. The van der Waals surface area contributed by atoms with Gasteiger partial charge in [0.25, 0.3) is 0 Å². The van der Waals surface area contributed by atoms with Gasteiger partial charge in [0.05, 0.1) is 9.40 Å². The maximum absolute atomic E-state index is 2.93. The zero-order chi connectivity index (χ0) is 30.1. The van der Waals surface area contributed by atoms with Gasteiger partial charge < -0.3 is 0 Å². The van der Waals surface area contributed by atoms with Gasteiger partial charge in [0, 0.05) is 43.3 Å². The van der Waals surface area contributed by atoms with Crippen molar-refractivity contribution >= 4 is 65.0 Å². The maximum atomic E-state index is 2.93. The summed E-state index contributed by atoms with van der Waals surface area (Å²) in [5.74, 6) is 5.42. The molecule has 6 fully saturated rings. The summed E-state index contributed by atoms with van der Waals surface area (Å²) >= 11 is 6.11. The Morgan fingerprint density at radius 1 is 0.556 bits per heavy atom. The molecule has 0 spiro atoms. The van der Waals surface area contributed by atoms with Crippen LogP contribution in [0.2, 0.25) is 0 Å². The number of thiophene rings is 3. The van der Waals surface area contributed by atoms with E-state index >= 15 is 0 Å². The van der Waals surface area contributed by atoms with Gasteiger partial charge >= 0.3 is 0 Å². The van der Waals surface area contributed by atoms with E-state index in [1.807, 2.05) is 34.0 Å². The highest BCUT2D eigenvalue weighted by atomic mass is 32.1. The fraction of sp³-hybridized carbons (Fsp3) is 0.700. The van der Waals surface area contributed by atoms with Crippen molar-refractivity contribution in [1.29, 1.82) is 0 Å². The molecule has 4 aliphatic carbocycles. The molecular formula is C40H54N2S3. The van der Waals surface area contributed by atoms with Gasteiger partial charge in [-0.15, -0.1) is 34.0 Å². The lowest BCUT2D eigenvalue weighted by Gasteiger charge is -2.35. The van der Waals surface area contributed by atoms with E-state index < -0.39 is 0 Å². The molecule has 5 heterocycles. The second-order valence-electron chi connectivity index (χ2n) is 15.8. The third-order valence-corrected chi connectivity index (χ3v) is 17.5. The summed E-state index contributed by atoms with van der Waals surface area (Å²) in [5.41, 5.74) is 0. The summed E-state index contributed by atoms with van der Waals surface area (Å²) < 4.78 is 6.08. The SMILES string of the molecule is CCN1C2CCCCC2C2CC(/C=C/c3cc4sc5cc(/C=C/C6CCC7C(C6)C6CCCCC6N7CC)sc5c4s3)CCC21. The van der Waals surface area contributed by atoms with Gasteiger partial charge in [-0.05, 0) is 137 Å². The Morgan fingerprint density at radius 3 is 1.47 bits per heavy atom. The standard InChI is InChI=1S/C40H54N2S3/c1-3-41-33-11-7-5-9-29(33)31-21-25(15-19-35(31)41)13-17-27-23-37-39(43-27)40-38(45-37)24-28(44-40)18-14-26-16-20-36-32(22-26)30-10-6-8-12-34(30)42(36)4-2/h13-14,17-18,23-26,29-36H,3-12,15-16,19-22H2,1-2H3/b17-13+,18-14+. The van der Waals surface area contributed by atoms with Gasteiger partial charge in [-0.3, -0.25) is 9.80 Å². The van der Waals surface area contributed by atoms with E-state index in [4.69, 9.17) is 0 Å². The van der Waals surface area contributed by atoms with Crippen LogP contribution in [0.15, 0.2) is 24.3 Å². The molecule has 9 rings (SSSR count). The first-order valence-electron chi connectivity index (χ1n) is 19.0. The smallest absolute Gasteiger partial charge is 0.0635 e. The van der Waals surface area contributed by atoms with Gasteiger partial charge in [0.1, 0.15) is 0 Å². The predicted molar refractivity (Wildman–Crippen MR) is 199 cm³/mol. The van der Waals surface area contributed by atoms with Gasteiger partial charge in [-0.1, -0.05) is 51.7 Å². The fourth-order valence-corrected chi connectivity index (χ4v) is 15.9. The minimum Gasteiger partial charge on any atom is -0.297 e. The molecule has 3 aromatic heterocycles. The lowest BCUT2D eigenvalue weighted by atomic mass is 9.70. The zero-order valence-corrected chi connectivity index (χ0v) is 30.1. The van der Waals surface area contributed by atoms with Gasteiger partial charge in [-0.25, -0.2) is 0 Å². The van der Waals surface area contributed by atoms with Crippen LogP contribution in [-0.2, 0) is 0 Å². The molecule has 10 unspecified atom stereocenters. The number of rotatable bonds is 6. The number of allylic oxidation sites excluding steroid dienone is 2. The molecule has 242 valence electrons. The lowest BCUT2D eigenvalue weighted by Crippen LogP contribution is -2.40. The molecule has 10 atom stereocenters. The molecule has 0 aromatic carbocycles. The molecule has 4 saturated carbocycles. The Morgan fingerprint density at radius 2 is 1.00 bits per heavy atom. The van der Waals surface area contributed by atoms with Crippen molar-refractivity contribution in [3.8, 4) is 0 Å². The zero-order valence-electron chi connectivity index (χ0n) is 27.7. The Bertz CT molecular complexity index is 1430. The van der Waals surface area contributed by atoms with Crippen molar-refractivity contribution in [3.05, 3.63) is 34.0 Å². The highest BCUT2D eigenvalue weighted by Crippen LogP contribution is 2.52. The Balaban J connectivity index is 0.865. The summed E-state index contributed by atoms with van der Waals surface area (Å²) in [6.45, 7) is 7.36. The normalized spacial score (nSPS) is 39.2. The summed E-state index contributed by atoms with van der Waals surface area (Å²) in [6, 6.07) is 8.53. The van der Waals surface area contributed by atoms with Crippen LogP contribution in [0.5, 0.6) is 0 Å². The van der Waals surface area contributed by atoms with Gasteiger partial charge in [0.15, 0.2) is 0 Å². The van der Waals surface area contributed by atoms with Crippen LogP contribution in [-0.4, -0.2) is 47.1 Å². The third-order valence-electron chi connectivity index (χ3n) is 13.8. The molecular weight excluding hydrogens is 605 g/mol. The van der Waals surface area contributed by atoms with E-state index in [0.29, 0.717) is 0 Å². The number of likely N-dealkylation sites (tertiary alicyclic amines) is 2. The first-order valence-corrected chi connectivity index (χ1v) is 21.5. The second-order valence-corrected chi connectivity index (χ2v) is 19.1. The molecule has 3 aromatic rings. The minimum atomic E-state index is 0.776. The third kappa shape index (κ3) is 5.29.